The zero-order valence-corrected chi connectivity index (χ0v) is 29.2. The highest BCUT2D eigenvalue weighted by molar-refractivity contribution is 6.74. The van der Waals surface area contributed by atoms with Gasteiger partial charge < -0.3 is 28.7 Å². The molecule has 0 unspecified atom stereocenters. The Morgan fingerprint density at radius 1 is 0.809 bits per heavy atom. The summed E-state index contributed by atoms with van der Waals surface area (Å²) in [5.41, 5.74) is 4.09. The van der Waals surface area contributed by atoms with Crippen LogP contribution in [0.25, 0.3) is 5.57 Å². The lowest BCUT2D eigenvalue weighted by Crippen LogP contribution is -2.59. The van der Waals surface area contributed by atoms with E-state index in [0.29, 0.717) is 5.69 Å². The summed E-state index contributed by atoms with van der Waals surface area (Å²) in [6, 6.07) is 25.9. The van der Waals surface area contributed by atoms with Crippen LogP contribution in [0.5, 0.6) is 0 Å². The van der Waals surface area contributed by atoms with Crippen LogP contribution in [0.4, 0.5) is 15.3 Å². The summed E-state index contributed by atoms with van der Waals surface area (Å²) in [5.74, 6) is -0.879. The van der Waals surface area contributed by atoms with Gasteiger partial charge in [-0.15, -0.1) is 0 Å². The Bertz CT molecular complexity index is 1550. The molecule has 1 aliphatic heterocycles. The van der Waals surface area contributed by atoms with Gasteiger partial charge in [0.2, 0.25) is 0 Å². The number of amides is 2. The van der Waals surface area contributed by atoms with Crippen LogP contribution in [-0.4, -0.2) is 50.6 Å². The summed E-state index contributed by atoms with van der Waals surface area (Å²) in [4.78, 5) is 25.7. The van der Waals surface area contributed by atoms with Gasteiger partial charge in [0.05, 0.1) is 12.1 Å². The van der Waals surface area contributed by atoms with E-state index < -0.39 is 50.6 Å². The summed E-state index contributed by atoms with van der Waals surface area (Å²) < 4.78 is 31.0. The van der Waals surface area contributed by atoms with Crippen molar-refractivity contribution in [2.75, 3.05) is 5.32 Å². The maximum atomic E-state index is 13.2. The zero-order valence-electron chi connectivity index (χ0n) is 28.2. The Kier molecular flexibility index (Phi) is 10.3. The minimum absolute atomic E-state index is 0.0785. The van der Waals surface area contributed by atoms with Gasteiger partial charge in [0.1, 0.15) is 25.4 Å². The van der Waals surface area contributed by atoms with E-state index >= 15 is 0 Å². The van der Waals surface area contributed by atoms with Crippen LogP contribution in [0.15, 0.2) is 91.0 Å². The zero-order chi connectivity index (χ0) is 33.8. The fraction of sp³-hybridized carbons (Fsp3) is 0.405. The maximum absolute atomic E-state index is 13.2. The van der Waals surface area contributed by atoms with Gasteiger partial charge in [-0.3, -0.25) is 5.32 Å². The van der Waals surface area contributed by atoms with Gasteiger partial charge in [0.25, 0.3) is 0 Å². The third-order valence-electron chi connectivity index (χ3n) is 8.88. The first kappa shape index (κ1) is 34.4. The largest absolute Gasteiger partial charge is 0.445 e. The maximum Gasteiger partial charge on any atom is 0.411 e. The third kappa shape index (κ3) is 8.69. The molecule has 9 nitrogen and oxygen atoms in total. The van der Waals surface area contributed by atoms with Crippen molar-refractivity contribution in [1.29, 1.82) is 0 Å². The molecule has 2 amide bonds. The Morgan fingerprint density at radius 2 is 1.36 bits per heavy atom. The lowest BCUT2D eigenvalue weighted by atomic mass is 9.84. The lowest BCUT2D eigenvalue weighted by Gasteiger charge is -2.45. The third-order valence-corrected chi connectivity index (χ3v) is 13.4. The molecule has 5 rings (SSSR count). The lowest BCUT2D eigenvalue weighted by molar-refractivity contribution is -0.152. The van der Waals surface area contributed by atoms with Crippen LogP contribution >= 0.6 is 0 Å². The van der Waals surface area contributed by atoms with E-state index in [-0.39, 0.29) is 18.3 Å². The standard InChI is InChI=1S/C37H46N2O7Si/c1-36(2,3)47(6,7)46-32-30(39-35(41)43-24-26-16-12-9-13-17-26)22-29(31-33(32)45-37(4,5)44-31)27-18-20-28(21-19-27)38-34(40)42-23-25-14-10-8-11-15-25/h8-22,30-33H,23-24H2,1-7H3,(H,38,40)(H,39,41)/t30-,31-,32-,33-/m1/s1. The SMILES string of the molecule is CC1(C)O[C@H]2[C@H](O[Si](C)(C)C(C)(C)C)[C@H](NC(=O)OCc3ccccc3)C=C(c3ccc(NC(=O)OCc4ccccc4)cc3)[C@H]2O1. The molecule has 1 fully saturated rings. The van der Waals surface area contributed by atoms with Crippen LogP contribution in [0.1, 0.15) is 51.3 Å². The first-order valence-electron chi connectivity index (χ1n) is 16.0. The molecule has 2 aliphatic rings. The van der Waals surface area contributed by atoms with Crippen LogP contribution in [0.3, 0.4) is 0 Å². The van der Waals surface area contributed by atoms with Crippen LogP contribution in [-0.2, 0) is 36.6 Å². The number of hydrogen-bond donors (Lipinski definition) is 2. The molecule has 10 heteroatoms. The van der Waals surface area contributed by atoms with Crippen molar-refractivity contribution < 1.29 is 33.0 Å². The summed E-state index contributed by atoms with van der Waals surface area (Å²) >= 11 is 0. The van der Waals surface area contributed by atoms with E-state index in [2.05, 4.69) is 44.5 Å². The van der Waals surface area contributed by atoms with Crippen molar-refractivity contribution in [3.05, 3.63) is 108 Å². The van der Waals surface area contributed by atoms with E-state index in [4.69, 9.17) is 23.4 Å². The molecule has 1 saturated heterocycles. The fourth-order valence-corrected chi connectivity index (χ4v) is 6.74. The summed E-state index contributed by atoms with van der Waals surface area (Å²) in [5, 5.41) is 5.78. The van der Waals surface area contributed by atoms with Gasteiger partial charge in [0, 0.05) is 5.69 Å². The number of ether oxygens (including phenoxy) is 4. The average molecular weight is 659 g/mol. The summed E-state index contributed by atoms with van der Waals surface area (Å²) in [6.07, 6.45) is -0.572. The van der Waals surface area contributed by atoms with E-state index in [1.807, 2.05) is 105 Å². The summed E-state index contributed by atoms with van der Waals surface area (Å²) in [7, 11) is -2.32. The second kappa shape index (κ2) is 14.0. The Morgan fingerprint density at radius 3 is 1.91 bits per heavy atom. The van der Waals surface area contributed by atoms with Crippen LogP contribution < -0.4 is 10.6 Å². The fourth-order valence-electron chi connectivity index (χ4n) is 5.42. The quantitative estimate of drug-likeness (QED) is 0.224. The molecular formula is C37H46N2O7Si. The first-order valence-corrected chi connectivity index (χ1v) is 18.9. The van der Waals surface area contributed by atoms with Crippen LogP contribution in [0, 0.1) is 0 Å². The number of anilines is 1. The number of fused-ring (bicyclic) bond motifs is 1. The normalized spacial score (nSPS) is 22.1. The molecule has 1 aliphatic carbocycles. The first-order chi connectivity index (χ1) is 22.2. The summed E-state index contributed by atoms with van der Waals surface area (Å²) in [6.45, 7) is 15.0. The minimum Gasteiger partial charge on any atom is -0.445 e. The van der Waals surface area contributed by atoms with E-state index in [0.717, 1.165) is 22.3 Å². The second-order valence-corrected chi connectivity index (χ2v) is 18.7. The molecule has 47 heavy (non-hydrogen) atoms. The van der Waals surface area contributed by atoms with E-state index in [1.54, 1.807) is 0 Å². The molecule has 1 heterocycles. The van der Waals surface area contributed by atoms with Crippen molar-refractivity contribution in [3.8, 4) is 0 Å². The molecule has 0 aromatic heterocycles. The van der Waals surface area contributed by atoms with Gasteiger partial charge >= 0.3 is 12.2 Å². The van der Waals surface area contributed by atoms with Crippen molar-refractivity contribution in [1.82, 2.24) is 5.32 Å². The minimum atomic E-state index is -2.32. The van der Waals surface area contributed by atoms with Crippen molar-refractivity contribution >= 4 is 31.8 Å². The number of rotatable bonds is 9. The van der Waals surface area contributed by atoms with Crippen molar-refractivity contribution in [2.24, 2.45) is 0 Å². The highest BCUT2D eigenvalue weighted by Crippen LogP contribution is 2.45. The van der Waals surface area contributed by atoms with Crippen molar-refractivity contribution in [3.63, 3.8) is 0 Å². The molecule has 3 aromatic rings. The van der Waals surface area contributed by atoms with Crippen LogP contribution in [0.2, 0.25) is 18.1 Å². The smallest absolute Gasteiger partial charge is 0.411 e. The molecule has 0 radical (unpaired) electrons. The average Bonchev–Trinajstić information content (AvgIpc) is 3.36. The molecule has 0 spiro atoms. The van der Waals surface area contributed by atoms with Gasteiger partial charge in [0.15, 0.2) is 14.1 Å². The van der Waals surface area contributed by atoms with Gasteiger partial charge in [-0.1, -0.05) is 99.6 Å². The molecular weight excluding hydrogens is 613 g/mol. The predicted molar refractivity (Wildman–Crippen MR) is 184 cm³/mol. The number of benzene rings is 3. The predicted octanol–water partition coefficient (Wildman–Crippen LogP) is 8.04. The molecule has 0 bridgehead atoms. The van der Waals surface area contributed by atoms with Gasteiger partial charge in [-0.25, -0.2) is 9.59 Å². The molecule has 4 atom stereocenters. The van der Waals surface area contributed by atoms with Gasteiger partial charge in [-0.2, -0.15) is 0 Å². The van der Waals surface area contributed by atoms with Crippen molar-refractivity contribution in [2.45, 2.75) is 96.1 Å². The number of alkyl carbamates (subject to hydrolysis) is 1. The highest BCUT2D eigenvalue weighted by atomic mass is 28.4. The molecule has 250 valence electrons. The highest BCUT2D eigenvalue weighted by Gasteiger charge is 2.54. The Hall–Kier alpha value is -3.96. The molecule has 2 N–H and O–H groups in total. The second-order valence-electron chi connectivity index (χ2n) is 14.0. The Balaban J connectivity index is 1.39. The van der Waals surface area contributed by atoms with E-state index in [1.165, 1.54) is 0 Å². The molecule has 0 saturated carbocycles. The number of carbonyl (C=O) groups is 2. The number of hydrogen-bond acceptors (Lipinski definition) is 7. The molecule has 3 aromatic carbocycles. The number of carbonyl (C=O) groups excluding carboxylic acids is 2. The van der Waals surface area contributed by atoms with E-state index in [9.17, 15) is 9.59 Å². The monoisotopic (exact) mass is 658 g/mol. The van der Waals surface area contributed by atoms with Gasteiger partial charge in [-0.05, 0) is 66.4 Å². The topological polar surface area (TPSA) is 104 Å². The number of nitrogens with one attached hydrogen (secondary N) is 2. The Labute approximate surface area is 278 Å².